The summed E-state index contributed by atoms with van der Waals surface area (Å²) in [5.41, 5.74) is 4.35. The summed E-state index contributed by atoms with van der Waals surface area (Å²) in [6.45, 7) is 3.83. The maximum absolute atomic E-state index is 13.7. The lowest BCUT2D eigenvalue weighted by molar-refractivity contribution is -0.113. The first-order valence-electron chi connectivity index (χ1n) is 11.5. The van der Waals surface area contributed by atoms with Gasteiger partial charge in [-0.25, -0.2) is 4.99 Å². The molecule has 1 amide bonds. The summed E-state index contributed by atoms with van der Waals surface area (Å²) in [4.78, 5) is 32.6. The number of aromatic nitrogens is 1. The summed E-state index contributed by atoms with van der Waals surface area (Å²) < 4.78 is 7.51. The number of allylic oxidation sites excluding steroid dienone is 1. The summed E-state index contributed by atoms with van der Waals surface area (Å²) in [5.74, 6) is 0.401. The van der Waals surface area contributed by atoms with E-state index in [4.69, 9.17) is 9.73 Å². The Hall–Kier alpha value is -4.23. The summed E-state index contributed by atoms with van der Waals surface area (Å²) in [6.07, 6.45) is 1.88. The molecule has 0 saturated carbocycles. The fraction of sp³-hybridized carbons (Fsp3) is 0.138. The summed E-state index contributed by atoms with van der Waals surface area (Å²) in [6, 6.07) is 24.1. The molecule has 1 unspecified atom stereocenters. The van der Waals surface area contributed by atoms with Crippen LogP contribution in [0, 0.1) is 6.92 Å². The van der Waals surface area contributed by atoms with Gasteiger partial charge in [0.1, 0.15) is 5.75 Å². The predicted octanol–water partition coefficient (Wildman–Crippen LogP) is 4.19. The van der Waals surface area contributed by atoms with E-state index >= 15 is 0 Å². The fourth-order valence-electron chi connectivity index (χ4n) is 4.34. The molecule has 2 heterocycles. The third-order valence-electron chi connectivity index (χ3n) is 6.07. The number of nitrogens with zero attached hydrogens (tertiary/aromatic N) is 2. The van der Waals surface area contributed by atoms with Crippen LogP contribution in [0.4, 0.5) is 5.69 Å². The van der Waals surface area contributed by atoms with Gasteiger partial charge in [-0.2, -0.15) is 0 Å². The number of ether oxygens (including phenoxy) is 1. The van der Waals surface area contributed by atoms with Crippen molar-refractivity contribution < 1.29 is 9.53 Å². The zero-order chi connectivity index (χ0) is 25.2. The highest BCUT2D eigenvalue weighted by molar-refractivity contribution is 7.07. The lowest BCUT2D eigenvalue weighted by Crippen LogP contribution is -2.40. The Balaban J connectivity index is 1.68. The Kier molecular flexibility index (Phi) is 6.40. The van der Waals surface area contributed by atoms with Crippen LogP contribution >= 0.6 is 11.3 Å². The number of hydrogen-bond acceptors (Lipinski definition) is 5. The molecule has 1 N–H and O–H groups in total. The summed E-state index contributed by atoms with van der Waals surface area (Å²) in [5, 5.41) is 2.97. The monoisotopic (exact) mass is 495 g/mol. The minimum Gasteiger partial charge on any atom is -0.497 e. The van der Waals surface area contributed by atoms with E-state index in [0.717, 1.165) is 16.7 Å². The van der Waals surface area contributed by atoms with Crippen molar-refractivity contribution in [2.75, 3.05) is 12.4 Å². The number of amides is 1. The van der Waals surface area contributed by atoms with E-state index in [1.807, 2.05) is 98.8 Å². The van der Waals surface area contributed by atoms with Gasteiger partial charge in [0.2, 0.25) is 0 Å². The molecular weight excluding hydrogens is 470 g/mol. The van der Waals surface area contributed by atoms with E-state index in [0.29, 0.717) is 32.0 Å². The number of carbonyl (C=O) groups is 1. The minimum atomic E-state index is -0.629. The molecule has 1 aromatic heterocycles. The van der Waals surface area contributed by atoms with Crippen LogP contribution in [-0.2, 0) is 4.79 Å². The van der Waals surface area contributed by atoms with Crippen LogP contribution in [0.3, 0.4) is 0 Å². The molecule has 1 aliphatic heterocycles. The highest BCUT2D eigenvalue weighted by atomic mass is 32.1. The Labute approximate surface area is 212 Å². The van der Waals surface area contributed by atoms with Crippen LogP contribution in [0.25, 0.3) is 6.08 Å². The molecule has 0 aliphatic carbocycles. The van der Waals surface area contributed by atoms with Gasteiger partial charge in [0.05, 0.1) is 29.0 Å². The zero-order valence-electron chi connectivity index (χ0n) is 20.2. The average molecular weight is 496 g/mol. The molecule has 5 rings (SSSR count). The van der Waals surface area contributed by atoms with Crippen LogP contribution in [0.15, 0.2) is 99.9 Å². The van der Waals surface area contributed by atoms with Gasteiger partial charge in [0.15, 0.2) is 4.80 Å². The smallest absolute Gasteiger partial charge is 0.271 e. The molecule has 7 heteroatoms. The second-order valence-corrected chi connectivity index (χ2v) is 9.60. The van der Waals surface area contributed by atoms with Gasteiger partial charge in [-0.1, -0.05) is 71.5 Å². The van der Waals surface area contributed by atoms with Crippen LogP contribution in [0.5, 0.6) is 5.75 Å². The van der Waals surface area contributed by atoms with Crippen molar-refractivity contribution in [3.63, 3.8) is 0 Å². The van der Waals surface area contributed by atoms with E-state index in [2.05, 4.69) is 5.32 Å². The van der Waals surface area contributed by atoms with Crippen LogP contribution < -0.4 is 24.9 Å². The van der Waals surface area contributed by atoms with Gasteiger partial charge in [-0.15, -0.1) is 0 Å². The number of anilines is 1. The van der Waals surface area contributed by atoms with Crippen molar-refractivity contribution in [3.05, 3.63) is 127 Å². The minimum absolute atomic E-state index is 0.182. The first-order valence-corrected chi connectivity index (χ1v) is 12.4. The number of fused-ring (bicyclic) bond motifs is 1. The van der Waals surface area contributed by atoms with Gasteiger partial charge in [0.25, 0.3) is 11.5 Å². The SMILES string of the molecule is COc1ccc(C2C(C(=O)Nc3ccccc3)=C(C)N=c3sc(=Cc4cccc(C)c4)c(=O)n32)cc1. The highest BCUT2D eigenvalue weighted by Crippen LogP contribution is 2.31. The van der Waals surface area contributed by atoms with Gasteiger partial charge < -0.3 is 10.1 Å². The molecule has 0 bridgehead atoms. The normalized spacial score (nSPS) is 15.3. The molecule has 36 heavy (non-hydrogen) atoms. The molecule has 180 valence electrons. The largest absolute Gasteiger partial charge is 0.497 e. The molecule has 0 fully saturated rings. The van der Waals surface area contributed by atoms with Gasteiger partial charge in [-0.05, 0) is 55.3 Å². The fourth-order valence-corrected chi connectivity index (χ4v) is 5.39. The van der Waals surface area contributed by atoms with Crippen molar-refractivity contribution in [2.24, 2.45) is 4.99 Å². The molecular formula is C29H25N3O3S. The third kappa shape index (κ3) is 4.53. The lowest BCUT2D eigenvalue weighted by atomic mass is 9.95. The zero-order valence-corrected chi connectivity index (χ0v) is 21.0. The summed E-state index contributed by atoms with van der Waals surface area (Å²) in [7, 11) is 1.60. The van der Waals surface area contributed by atoms with E-state index in [1.165, 1.54) is 11.3 Å². The van der Waals surface area contributed by atoms with E-state index in [1.54, 1.807) is 11.7 Å². The quantitative estimate of drug-likeness (QED) is 0.451. The predicted molar refractivity (Wildman–Crippen MR) is 143 cm³/mol. The first-order chi connectivity index (χ1) is 17.4. The number of aryl methyl sites for hydroxylation is 1. The Morgan fingerprint density at radius 2 is 1.78 bits per heavy atom. The van der Waals surface area contributed by atoms with Crippen molar-refractivity contribution in [2.45, 2.75) is 19.9 Å². The van der Waals surface area contributed by atoms with Gasteiger partial charge in [-0.3, -0.25) is 14.2 Å². The number of methoxy groups -OCH3 is 1. The maximum atomic E-state index is 13.7. The Morgan fingerprint density at radius 3 is 2.47 bits per heavy atom. The second kappa shape index (κ2) is 9.79. The van der Waals surface area contributed by atoms with Crippen LogP contribution in [-0.4, -0.2) is 17.6 Å². The first kappa shape index (κ1) is 23.5. The Bertz CT molecular complexity index is 1650. The van der Waals surface area contributed by atoms with Crippen molar-refractivity contribution in [1.29, 1.82) is 0 Å². The van der Waals surface area contributed by atoms with Gasteiger partial charge >= 0.3 is 0 Å². The number of nitrogens with one attached hydrogen (secondary N) is 1. The topological polar surface area (TPSA) is 72.7 Å². The van der Waals surface area contributed by atoms with E-state index < -0.39 is 6.04 Å². The van der Waals surface area contributed by atoms with Crippen LogP contribution in [0.1, 0.15) is 29.7 Å². The molecule has 1 aliphatic rings. The van der Waals surface area contributed by atoms with Crippen molar-refractivity contribution in [3.8, 4) is 5.75 Å². The van der Waals surface area contributed by atoms with Crippen molar-refractivity contribution in [1.82, 2.24) is 4.57 Å². The number of carbonyl (C=O) groups excluding carboxylic acids is 1. The van der Waals surface area contributed by atoms with Crippen molar-refractivity contribution >= 4 is 29.0 Å². The average Bonchev–Trinajstić information content (AvgIpc) is 3.18. The molecule has 0 spiro atoms. The maximum Gasteiger partial charge on any atom is 0.271 e. The van der Waals surface area contributed by atoms with E-state index in [-0.39, 0.29) is 11.5 Å². The summed E-state index contributed by atoms with van der Waals surface area (Å²) >= 11 is 1.33. The van der Waals surface area contributed by atoms with E-state index in [9.17, 15) is 9.59 Å². The number of thiazole rings is 1. The number of para-hydroxylation sites is 1. The third-order valence-corrected chi connectivity index (χ3v) is 7.05. The number of hydrogen-bond donors (Lipinski definition) is 1. The molecule has 3 aromatic carbocycles. The highest BCUT2D eigenvalue weighted by Gasteiger charge is 2.32. The second-order valence-electron chi connectivity index (χ2n) is 8.59. The molecule has 0 radical (unpaired) electrons. The molecule has 0 saturated heterocycles. The lowest BCUT2D eigenvalue weighted by Gasteiger charge is -2.25. The number of benzene rings is 3. The molecule has 4 aromatic rings. The Morgan fingerprint density at radius 1 is 1.03 bits per heavy atom. The standard InChI is InChI=1S/C29H25N3O3S/c1-18-8-7-9-20(16-18)17-24-28(34)32-26(21-12-14-23(35-3)15-13-21)25(19(2)30-29(32)36-24)27(33)31-22-10-5-4-6-11-22/h4-17,26H,1-3H3,(H,31,33). The van der Waals surface area contributed by atoms with Crippen LogP contribution in [0.2, 0.25) is 0 Å². The van der Waals surface area contributed by atoms with Gasteiger partial charge in [0, 0.05) is 5.69 Å². The molecule has 1 atom stereocenters. The number of rotatable bonds is 5. The molecule has 6 nitrogen and oxygen atoms in total.